The maximum absolute atomic E-state index is 15.9. The molecule has 4 heterocycles. The second kappa shape index (κ2) is 13.7. The molecule has 1 amide bonds. The number of halogens is 4. The maximum atomic E-state index is 15.9. The van der Waals surface area contributed by atoms with Gasteiger partial charge >= 0.3 is 6.18 Å². The van der Waals surface area contributed by atoms with E-state index in [-0.39, 0.29) is 52.7 Å². The van der Waals surface area contributed by atoms with Gasteiger partial charge in [0.15, 0.2) is 0 Å². The lowest BCUT2D eigenvalue weighted by molar-refractivity contribution is -0.126. The van der Waals surface area contributed by atoms with Crippen LogP contribution < -0.4 is 15.4 Å². The Kier molecular flexibility index (Phi) is 9.96. The molecule has 1 fully saturated rings. The molecule has 4 unspecified atom stereocenters. The summed E-state index contributed by atoms with van der Waals surface area (Å²) >= 11 is 1.06. The summed E-state index contributed by atoms with van der Waals surface area (Å²) in [5.74, 6) is -0.465. The van der Waals surface area contributed by atoms with Gasteiger partial charge in [0.2, 0.25) is 17.6 Å². The molecule has 4 aromatic rings. The van der Waals surface area contributed by atoms with E-state index in [0.29, 0.717) is 35.0 Å². The van der Waals surface area contributed by atoms with Gasteiger partial charge in [0.1, 0.15) is 18.0 Å². The molecular weight excluding hydrogens is 630 g/mol. The zero-order chi connectivity index (χ0) is 33.2. The third-order valence-electron chi connectivity index (χ3n) is 8.19. The number of benzene rings is 1. The van der Waals surface area contributed by atoms with Gasteiger partial charge in [-0.25, -0.2) is 4.39 Å². The molecule has 11 nitrogen and oxygen atoms in total. The molecule has 16 heteroatoms. The number of nitrogens with one attached hydrogen (secondary N) is 2. The van der Waals surface area contributed by atoms with Crippen LogP contribution in [0, 0.1) is 0 Å². The minimum Gasteiger partial charge on any atom is -0.479 e. The quantitative estimate of drug-likeness (QED) is 0.153. The van der Waals surface area contributed by atoms with E-state index in [0.717, 1.165) is 17.6 Å². The fourth-order valence-electron chi connectivity index (χ4n) is 6.14. The third kappa shape index (κ3) is 6.87. The summed E-state index contributed by atoms with van der Waals surface area (Å²) in [7, 11) is 3.01. The van der Waals surface area contributed by atoms with E-state index in [2.05, 4.69) is 25.9 Å². The number of anilines is 1. The van der Waals surface area contributed by atoms with Gasteiger partial charge in [0, 0.05) is 25.3 Å². The number of hydrogen-bond acceptors (Lipinski definition) is 10. The first-order valence-electron chi connectivity index (χ1n) is 14.9. The predicted octanol–water partition coefficient (Wildman–Crippen LogP) is 5.31. The highest BCUT2D eigenvalue weighted by molar-refractivity contribution is 7.23. The Bertz CT molecular complexity index is 1690. The Hall–Kier alpha value is -4.05. The monoisotopic (exact) mass is 665 g/mol. The number of hydrogen-bond donors (Lipinski definition) is 2. The average molecular weight is 666 g/mol. The van der Waals surface area contributed by atoms with Gasteiger partial charge in [-0.05, 0) is 36.3 Å². The first-order chi connectivity index (χ1) is 22.0. The molecule has 0 aliphatic carbocycles. The summed E-state index contributed by atoms with van der Waals surface area (Å²) in [6, 6.07) is 3.82. The SMILES string of the molecule is CCC1CC(Nc2cccc3c(CC(F)(F)F)c(-c4noc(CNC(=O)c5cn(C)nc5OC)n4)sc23)C(F)C(CC)N1CC=O. The number of ether oxygens (including phenoxy) is 1. The standard InChI is InChI=1S/C30H35F4N7O4S/c1-5-16-12-21(24(31)22(6-2)41(16)10-11-42)36-20-9-7-8-17-18(13-30(32,33)34)26(46-25(17)20)27-37-23(45-39-27)14-35-28(43)19-15-40(3)38-29(19)44-4/h7-9,11,15-16,21-22,24,36H,5-6,10,12-14H2,1-4H3,(H,35,43). The van der Waals surface area contributed by atoms with Crippen molar-refractivity contribution in [3.8, 4) is 16.6 Å². The van der Waals surface area contributed by atoms with Crippen LogP contribution in [0.25, 0.3) is 20.8 Å². The lowest BCUT2D eigenvalue weighted by Gasteiger charge is -2.46. The Labute approximate surface area is 266 Å². The van der Waals surface area contributed by atoms with Crippen LogP contribution in [-0.2, 0) is 24.8 Å². The number of alkyl halides is 4. The Morgan fingerprint density at radius 3 is 2.72 bits per heavy atom. The molecule has 1 aliphatic heterocycles. The molecule has 0 bridgehead atoms. The molecule has 0 spiro atoms. The van der Waals surface area contributed by atoms with Gasteiger partial charge < -0.3 is 24.7 Å². The number of amides is 1. The first-order valence-corrected chi connectivity index (χ1v) is 15.7. The first kappa shape index (κ1) is 33.3. The van der Waals surface area contributed by atoms with Gasteiger partial charge in [-0.1, -0.05) is 31.1 Å². The van der Waals surface area contributed by atoms with E-state index in [1.54, 1.807) is 25.2 Å². The van der Waals surface area contributed by atoms with E-state index < -0.39 is 36.8 Å². The van der Waals surface area contributed by atoms with Crippen molar-refractivity contribution in [1.29, 1.82) is 0 Å². The van der Waals surface area contributed by atoms with Crippen molar-refractivity contribution in [2.75, 3.05) is 19.0 Å². The van der Waals surface area contributed by atoms with Gasteiger partial charge in [-0.3, -0.25) is 14.4 Å². The molecule has 1 aliphatic rings. The maximum Gasteiger partial charge on any atom is 0.393 e. The van der Waals surface area contributed by atoms with Crippen molar-refractivity contribution in [2.45, 2.75) is 76.5 Å². The van der Waals surface area contributed by atoms with Gasteiger partial charge in [-0.15, -0.1) is 16.4 Å². The second-order valence-corrected chi connectivity index (χ2v) is 12.2. The zero-order valence-corrected chi connectivity index (χ0v) is 26.5. The largest absolute Gasteiger partial charge is 0.479 e. The van der Waals surface area contributed by atoms with Crippen LogP contribution in [0.15, 0.2) is 28.9 Å². The number of aromatic nitrogens is 4. The zero-order valence-electron chi connectivity index (χ0n) is 25.7. The fourth-order valence-corrected chi connectivity index (χ4v) is 7.36. The number of fused-ring (bicyclic) bond motifs is 1. The molecule has 5 rings (SSSR count). The minimum absolute atomic E-state index is 0.0152. The van der Waals surface area contributed by atoms with Crippen molar-refractivity contribution in [3.05, 3.63) is 41.4 Å². The number of carbonyl (C=O) groups excluding carboxylic acids is 2. The van der Waals surface area contributed by atoms with Crippen LogP contribution >= 0.6 is 11.3 Å². The number of carbonyl (C=O) groups is 2. The van der Waals surface area contributed by atoms with Crippen molar-refractivity contribution in [3.63, 3.8) is 0 Å². The van der Waals surface area contributed by atoms with Crippen molar-refractivity contribution in [1.82, 2.24) is 30.1 Å². The summed E-state index contributed by atoms with van der Waals surface area (Å²) in [5, 5.41) is 14.2. The lowest BCUT2D eigenvalue weighted by Crippen LogP contribution is -2.59. The summed E-state index contributed by atoms with van der Waals surface area (Å²) < 4.78 is 69.8. The smallest absolute Gasteiger partial charge is 0.393 e. The van der Waals surface area contributed by atoms with E-state index >= 15 is 4.39 Å². The Balaban J connectivity index is 1.44. The van der Waals surface area contributed by atoms with Crippen LogP contribution in [0.1, 0.15) is 54.9 Å². The Morgan fingerprint density at radius 2 is 2.04 bits per heavy atom. The number of piperidine rings is 1. The normalized spacial score (nSPS) is 20.6. The molecule has 4 atom stereocenters. The molecule has 0 saturated carbocycles. The summed E-state index contributed by atoms with van der Waals surface area (Å²) in [6.07, 6.45) is -3.17. The van der Waals surface area contributed by atoms with E-state index in [9.17, 15) is 22.8 Å². The van der Waals surface area contributed by atoms with Crippen LogP contribution in [0.3, 0.4) is 0 Å². The highest BCUT2D eigenvalue weighted by Gasteiger charge is 2.42. The molecule has 248 valence electrons. The summed E-state index contributed by atoms with van der Waals surface area (Å²) in [6.45, 7) is 3.82. The molecule has 1 aromatic carbocycles. The number of nitrogens with zero attached hydrogens (tertiary/aromatic N) is 5. The van der Waals surface area contributed by atoms with Crippen molar-refractivity contribution < 1.29 is 36.4 Å². The summed E-state index contributed by atoms with van der Waals surface area (Å²) in [4.78, 5) is 30.3. The number of thiophene rings is 1. The van der Waals surface area contributed by atoms with Gasteiger partial charge in [-0.2, -0.15) is 18.2 Å². The molecule has 46 heavy (non-hydrogen) atoms. The van der Waals surface area contributed by atoms with E-state index in [1.807, 2.05) is 18.7 Å². The topological polar surface area (TPSA) is 127 Å². The molecule has 2 N–H and O–H groups in total. The minimum atomic E-state index is -4.53. The average Bonchev–Trinajstić information content (AvgIpc) is 3.74. The lowest BCUT2D eigenvalue weighted by atomic mass is 9.86. The number of rotatable bonds is 12. The molecule has 1 saturated heterocycles. The van der Waals surface area contributed by atoms with Crippen LogP contribution in [0.4, 0.5) is 23.2 Å². The second-order valence-electron chi connectivity index (χ2n) is 11.1. The number of aryl methyl sites for hydroxylation is 1. The van der Waals surface area contributed by atoms with Crippen LogP contribution in [-0.4, -0.2) is 81.1 Å². The highest BCUT2D eigenvalue weighted by Crippen LogP contribution is 2.44. The Morgan fingerprint density at radius 1 is 1.26 bits per heavy atom. The molecular formula is C30H35F4N7O4S. The van der Waals surface area contributed by atoms with Gasteiger partial charge in [0.25, 0.3) is 5.91 Å². The van der Waals surface area contributed by atoms with Gasteiger partial charge in [0.05, 0.1) is 47.9 Å². The van der Waals surface area contributed by atoms with E-state index in [4.69, 9.17) is 9.26 Å². The summed E-state index contributed by atoms with van der Waals surface area (Å²) in [5.41, 5.74) is 0.657. The number of aldehydes is 1. The van der Waals surface area contributed by atoms with Crippen molar-refractivity contribution >= 4 is 39.3 Å². The molecule has 3 aromatic heterocycles. The molecule has 0 radical (unpaired) electrons. The number of methoxy groups -OCH3 is 1. The predicted molar refractivity (Wildman–Crippen MR) is 164 cm³/mol. The van der Waals surface area contributed by atoms with Crippen LogP contribution in [0.2, 0.25) is 0 Å². The third-order valence-corrected chi connectivity index (χ3v) is 9.47. The van der Waals surface area contributed by atoms with Crippen LogP contribution in [0.5, 0.6) is 5.88 Å². The highest BCUT2D eigenvalue weighted by atomic mass is 32.1. The fraction of sp³-hybridized carbons (Fsp3) is 0.500. The van der Waals surface area contributed by atoms with E-state index in [1.165, 1.54) is 18.0 Å². The number of likely N-dealkylation sites (tertiary alicyclic amines) is 1. The van der Waals surface area contributed by atoms with Crippen molar-refractivity contribution in [2.24, 2.45) is 7.05 Å².